The highest BCUT2D eigenvalue weighted by molar-refractivity contribution is 5.94. The minimum absolute atomic E-state index is 0.000813. The third kappa shape index (κ3) is 4.79. The Morgan fingerprint density at radius 1 is 1.19 bits per heavy atom. The number of fused-ring (bicyclic) bond motifs is 1. The van der Waals surface area contributed by atoms with E-state index < -0.39 is 5.82 Å². The molecule has 1 unspecified atom stereocenters. The lowest BCUT2D eigenvalue weighted by Gasteiger charge is -2.32. The van der Waals surface area contributed by atoms with Gasteiger partial charge in [0, 0.05) is 48.2 Å². The van der Waals surface area contributed by atoms with Crippen LogP contribution in [0.2, 0.25) is 0 Å². The van der Waals surface area contributed by atoms with Crippen molar-refractivity contribution in [2.75, 3.05) is 23.3 Å². The monoisotopic (exact) mass is 487 g/mol. The average Bonchev–Trinajstić information content (AvgIpc) is 3.30. The summed E-state index contributed by atoms with van der Waals surface area (Å²) in [5.74, 6) is 0.171. The van der Waals surface area contributed by atoms with Gasteiger partial charge in [-0.2, -0.15) is 5.10 Å². The summed E-state index contributed by atoms with van der Waals surface area (Å²) in [6.45, 7) is 7.69. The van der Waals surface area contributed by atoms with Crippen molar-refractivity contribution in [2.45, 2.75) is 45.6 Å². The predicted octanol–water partition coefficient (Wildman–Crippen LogP) is 4.90. The Hall–Kier alpha value is -3.85. The molecule has 0 spiro atoms. The number of nitrogens with one attached hydrogen (secondary N) is 2. The number of carbonyl (C=O) groups excluding carboxylic acids is 1. The number of rotatable bonds is 7. The topological polar surface area (TPSA) is 87.4 Å². The number of aromatic nitrogens is 4. The predicted molar refractivity (Wildman–Crippen MR) is 139 cm³/mol. The van der Waals surface area contributed by atoms with Gasteiger partial charge in [-0.05, 0) is 55.3 Å². The molecule has 5 rings (SSSR count). The maximum atomic E-state index is 15.0. The highest BCUT2D eigenvalue weighted by Gasteiger charge is 2.26. The largest absolute Gasteiger partial charge is 0.322 e. The summed E-state index contributed by atoms with van der Waals surface area (Å²) in [6.07, 6.45) is 6.70. The second-order valence-electron chi connectivity index (χ2n) is 9.35. The fraction of sp³-hybridized carbons (Fsp3) is 0.333. The summed E-state index contributed by atoms with van der Waals surface area (Å²) < 4.78 is 16.9. The van der Waals surface area contributed by atoms with Gasteiger partial charge in [0.1, 0.15) is 5.82 Å². The molecule has 0 aliphatic carbocycles. The highest BCUT2D eigenvalue weighted by atomic mass is 19.1. The molecule has 36 heavy (non-hydrogen) atoms. The quantitative estimate of drug-likeness (QED) is 0.386. The summed E-state index contributed by atoms with van der Waals surface area (Å²) in [7, 11) is 0. The zero-order valence-corrected chi connectivity index (χ0v) is 20.7. The van der Waals surface area contributed by atoms with Crippen LogP contribution in [-0.4, -0.2) is 44.6 Å². The van der Waals surface area contributed by atoms with Crippen LogP contribution in [0.15, 0.2) is 55.0 Å². The van der Waals surface area contributed by atoms with Crippen molar-refractivity contribution < 1.29 is 9.18 Å². The maximum absolute atomic E-state index is 15.0. The minimum atomic E-state index is -0.467. The first-order valence-corrected chi connectivity index (χ1v) is 12.3. The lowest BCUT2D eigenvalue weighted by molar-refractivity contribution is -0.120. The zero-order valence-electron chi connectivity index (χ0n) is 20.7. The van der Waals surface area contributed by atoms with E-state index in [1.807, 2.05) is 36.0 Å². The molecule has 0 radical (unpaired) electrons. The van der Waals surface area contributed by atoms with Crippen molar-refractivity contribution in [1.82, 2.24) is 24.9 Å². The van der Waals surface area contributed by atoms with E-state index in [1.165, 1.54) is 6.07 Å². The maximum Gasteiger partial charge on any atom is 0.228 e. The van der Waals surface area contributed by atoms with Crippen LogP contribution >= 0.6 is 0 Å². The van der Waals surface area contributed by atoms with E-state index in [1.54, 1.807) is 23.2 Å². The molecular formula is C27H30FN7O. The van der Waals surface area contributed by atoms with Crippen LogP contribution in [0.3, 0.4) is 0 Å². The molecule has 0 saturated carbocycles. The molecule has 4 heterocycles. The molecule has 0 bridgehead atoms. The summed E-state index contributed by atoms with van der Waals surface area (Å²) >= 11 is 0. The van der Waals surface area contributed by atoms with Gasteiger partial charge in [0.2, 0.25) is 11.9 Å². The van der Waals surface area contributed by atoms with Gasteiger partial charge in [-0.1, -0.05) is 20.8 Å². The zero-order chi connectivity index (χ0) is 25.2. The number of amides is 1. The van der Waals surface area contributed by atoms with E-state index in [2.05, 4.69) is 45.6 Å². The molecule has 2 N–H and O–H groups in total. The number of nitrogens with zero attached hydrogens (tertiary/aromatic N) is 5. The number of hydrogen-bond acceptors (Lipinski definition) is 6. The molecule has 1 saturated heterocycles. The molecule has 1 fully saturated rings. The summed E-state index contributed by atoms with van der Waals surface area (Å²) in [4.78, 5) is 23.1. The number of benzene rings is 1. The van der Waals surface area contributed by atoms with Gasteiger partial charge >= 0.3 is 0 Å². The van der Waals surface area contributed by atoms with Gasteiger partial charge in [0.25, 0.3) is 0 Å². The van der Waals surface area contributed by atoms with Crippen LogP contribution in [0.4, 0.5) is 21.7 Å². The normalized spacial score (nSPS) is 16.2. The van der Waals surface area contributed by atoms with Crippen LogP contribution in [0.25, 0.3) is 16.8 Å². The number of pyridine rings is 1. The SMILES string of the molecule is CCNC1CCN(c2ccc(Nc3nccc(-c4ccn5ncc(C(C)C)c5c4)n3)c(F)c2)C(=O)C1. The van der Waals surface area contributed by atoms with E-state index in [4.69, 9.17) is 0 Å². The number of hydrogen-bond donors (Lipinski definition) is 2. The second kappa shape index (κ2) is 10.0. The summed E-state index contributed by atoms with van der Waals surface area (Å²) in [5, 5.41) is 10.7. The third-order valence-electron chi connectivity index (χ3n) is 6.55. The van der Waals surface area contributed by atoms with Gasteiger partial charge in [0.05, 0.1) is 23.1 Å². The second-order valence-corrected chi connectivity index (χ2v) is 9.35. The first-order chi connectivity index (χ1) is 17.4. The van der Waals surface area contributed by atoms with Crippen LogP contribution in [0.5, 0.6) is 0 Å². The molecule has 3 aromatic heterocycles. The molecule has 186 valence electrons. The first-order valence-electron chi connectivity index (χ1n) is 12.3. The van der Waals surface area contributed by atoms with E-state index in [9.17, 15) is 4.79 Å². The van der Waals surface area contributed by atoms with Crippen molar-refractivity contribution in [3.8, 4) is 11.3 Å². The smallest absolute Gasteiger partial charge is 0.228 e. The standard InChI is InChI=1S/C27H30FN7O/c1-4-29-19-9-11-34(26(36)14-19)20-5-6-24(22(28)15-20)33-27-30-10-7-23(32-27)18-8-12-35-25(13-18)21(16-31-35)17(2)3/h5-8,10,12-13,15-17,19,29H,4,9,11,14H2,1-3H3,(H,30,32,33). The number of anilines is 3. The number of piperidine rings is 1. The fourth-order valence-corrected chi connectivity index (χ4v) is 4.65. The molecular weight excluding hydrogens is 457 g/mol. The Kier molecular flexibility index (Phi) is 6.65. The van der Waals surface area contributed by atoms with Gasteiger partial charge in [0.15, 0.2) is 0 Å². The highest BCUT2D eigenvalue weighted by Crippen LogP contribution is 2.28. The Balaban J connectivity index is 1.34. The Labute approximate surface area is 209 Å². The summed E-state index contributed by atoms with van der Waals surface area (Å²) in [6, 6.07) is 10.8. The van der Waals surface area contributed by atoms with Crippen LogP contribution in [0, 0.1) is 5.82 Å². The van der Waals surface area contributed by atoms with Crippen LogP contribution in [0.1, 0.15) is 45.1 Å². The fourth-order valence-electron chi connectivity index (χ4n) is 4.65. The molecule has 1 aliphatic rings. The van der Waals surface area contributed by atoms with E-state index in [0.717, 1.165) is 35.3 Å². The van der Waals surface area contributed by atoms with Gasteiger partial charge < -0.3 is 15.5 Å². The average molecular weight is 488 g/mol. The molecule has 1 aliphatic heterocycles. The van der Waals surface area contributed by atoms with Crippen molar-refractivity contribution in [3.63, 3.8) is 0 Å². The van der Waals surface area contributed by atoms with Crippen LogP contribution in [-0.2, 0) is 4.79 Å². The van der Waals surface area contributed by atoms with Crippen LogP contribution < -0.4 is 15.5 Å². The molecule has 1 amide bonds. The molecule has 1 aromatic carbocycles. The Morgan fingerprint density at radius 2 is 2.06 bits per heavy atom. The third-order valence-corrected chi connectivity index (χ3v) is 6.55. The molecule has 4 aromatic rings. The van der Waals surface area contributed by atoms with Crippen molar-refractivity contribution in [1.29, 1.82) is 0 Å². The number of carbonyl (C=O) groups is 1. The first kappa shape index (κ1) is 23.9. The number of halogens is 1. The molecule has 8 nitrogen and oxygen atoms in total. The lowest BCUT2D eigenvalue weighted by atomic mass is 10.0. The molecule has 9 heteroatoms. The van der Waals surface area contributed by atoms with Gasteiger partial charge in [-0.15, -0.1) is 0 Å². The lowest BCUT2D eigenvalue weighted by Crippen LogP contribution is -2.46. The van der Waals surface area contributed by atoms with Crippen molar-refractivity contribution >= 4 is 28.7 Å². The van der Waals surface area contributed by atoms with Gasteiger partial charge in [-0.3, -0.25) is 4.79 Å². The molecule has 1 atom stereocenters. The van der Waals surface area contributed by atoms with Gasteiger partial charge in [-0.25, -0.2) is 18.9 Å². The summed E-state index contributed by atoms with van der Waals surface area (Å²) in [5.41, 5.74) is 4.64. The Morgan fingerprint density at radius 3 is 2.81 bits per heavy atom. The van der Waals surface area contributed by atoms with Crippen molar-refractivity contribution in [2.24, 2.45) is 0 Å². The minimum Gasteiger partial charge on any atom is -0.322 e. The Bertz CT molecular complexity index is 1400. The van der Waals surface area contributed by atoms with E-state index in [0.29, 0.717) is 30.5 Å². The van der Waals surface area contributed by atoms with E-state index in [-0.39, 0.29) is 17.6 Å². The van der Waals surface area contributed by atoms with Crippen molar-refractivity contribution in [3.05, 3.63) is 66.4 Å². The van der Waals surface area contributed by atoms with E-state index >= 15 is 4.39 Å².